The van der Waals surface area contributed by atoms with E-state index in [4.69, 9.17) is 0 Å². The number of benzene rings is 2. The predicted molar refractivity (Wildman–Crippen MR) is 79.0 cm³/mol. The fourth-order valence-corrected chi connectivity index (χ4v) is 4.03. The van der Waals surface area contributed by atoms with Crippen LogP contribution in [0, 0.1) is 11.6 Å². The molecular weight excluding hydrogens is 420 g/mol. The molecule has 0 spiro atoms. The van der Waals surface area contributed by atoms with Gasteiger partial charge in [-0.1, -0.05) is 15.9 Å². The Morgan fingerprint density at radius 3 is 2.35 bits per heavy atom. The lowest BCUT2D eigenvalue weighted by molar-refractivity contribution is 0.582. The maximum Gasteiger partial charge on any atom is 0.263 e. The molecule has 0 aliphatic rings. The van der Waals surface area contributed by atoms with Crippen molar-refractivity contribution < 1.29 is 17.2 Å². The minimum absolute atomic E-state index is 0.0596. The van der Waals surface area contributed by atoms with Gasteiger partial charge in [-0.2, -0.15) is 0 Å². The van der Waals surface area contributed by atoms with E-state index in [1.165, 1.54) is 6.07 Å². The summed E-state index contributed by atoms with van der Waals surface area (Å²) in [7, 11) is -3.99. The topological polar surface area (TPSA) is 46.2 Å². The van der Waals surface area contributed by atoms with Crippen LogP contribution >= 0.6 is 31.9 Å². The SMILES string of the molecule is O=S(=O)(Nc1ccc(F)cc1F)c1cc(Br)ccc1Br. The summed E-state index contributed by atoms with van der Waals surface area (Å²) < 4.78 is 53.6. The highest BCUT2D eigenvalue weighted by atomic mass is 79.9. The molecule has 0 bridgehead atoms. The Kier molecular flexibility index (Phi) is 4.46. The molecule has 8 heteroatoms. The Bertz CT molecular complexity index is 766. The van der Waals surface area contributed by atoms with E-state index in [2.05, 4.69) is 36.6 Å². The number of halogens is 4. The molecule has 20 heavy (non-hydrogen) atoms. The molecule has 3 nitrogen and oxygen atoms in total. The van der Waals surface area contributed by atoms with Gasteiger partial charge in [0.1, 0.15) is 16.5 Å². The van der Waals surface area contributed by atoms with Gasteiger partial charge in [0.25, 0.3) is 10.0 Å². The van der Waals surface area contributed by atoms with Crippen molar-refractivity contribution >= 4 is 47.6 Å². The minimum Gasteiger partial charge on any atom is -0.277 e. The maximum atomic E-state index is 13.5. The number of nitrogens with one attached hydrogen (secondary N) is 1. The quantitative estimate of drug-likeness (QED) is 0.795. The highest BCUT2D eigenvalue weighted by Gasteiger charge is 2.20. The Morgan fingerprint density at radius 1 is 1.00 bits per heavy atom. The molecule has 0 saturated carbocycles. The summed E-state index contributed by atoms with van der Waals surface area (Å²) in [6, 6.07) is 7.16. The second-order valence-corrected chi connectivity index (χ2v) is 7.23. The van der Waals surface area contributed by atoms with Crippen molar-refractivity contribution in [2.45, 2.75) is 4.90 Å². The molecule has 2 aromatic carbocycles. The van der Waals surface area contributed by atoms with Crippen LogP contribution in [0.5, 0.6) is 0 Å². The first kappa shape index (κ1) is 15.4. The second kappa shape index (κ2) is 5.79. The van der Waals surface area contributed by atoms with Gasteiger partial charge in [0, 0.05) is 15.0 Å². The van der Waals surface area contributed by atoms with E-state index >= 15 is 0 Å². The van der Waals surface area contributed by atoms with E-state index in [-0.39, 0.29) is 10.6 Å². The molecule has 0 unspecified atom stereocenters. The van der Waals surface area contributed by atoms with E-state index in [9.17, 15) is 17.2 Å². The van der Waals surface area contributed by atoms with Gasteiger partial charge in [0.05, 0.1) is 5.69 Å². The summed E-state index contributed by atoms with van der Waals surface area (Å²) in [4.78, 5) is -0.0596. The zero-order valence-corrected chi connectivity index (χ0v) is 13.7. The zero-order chi connectivity index (χ0) is 14.9. The Balaban J connectivity index is 2.43. The molecular formula is C12H7Br2F2NO2S. The smallest absolute Gasteiger partial charge is 0.263 e. The summed E-state index contributed by atoms with van der Waals surface area (Å²) in [5.41, 5.74) is -0.321. The maximum absolute atomic E-state index is 13.5. The molecule has 0 aromatic heterocycles. The molecule has 0 aliphatic heterocycles. The van der Waals surface area contributed by atoms with Crippen molar-refractivity contribution in [3.63, 3.8) is 0 Å². The molecule has 0 atom stereocenters. The van der Waals surface area contributed by atoms with E-state index in [0.29, 0.717) is 15.0 Å². The molecule has 106 valence electrons. The molecule has 0 aliphatic carbocycles. The zero-order valence-electron chi connectivity index (χ0n) is 9.70. The van der Waals surface area contributed by atoms with E-state index in [1.807, 2.05) is 0 Å². The summed E-state index contributed by atoms with van der Waals surface area (Å²) >= 11 is 6.28. The van der Waals surface area contributed by atoms with Crippen LogP contribution in [0.3, 0.4) is 0 Å². The molecule has 2 aromatic rings. The van der Waals surface area contributed by atoms with Gasteiger partial charge < -0.3 is 0 Å². The van der Waals surface area contributed by atoms with E-state index < -0.39 is 21.7 Å². The van der Waals surface area contributed by atoms with Gasteiger partial charge >= 0.3 is 0 Å². The summed E-state index contributed by atoms with van der Waals surface area (Å²) in [6.07, 6.45) is 0. The highest BCUT2D eigenvalue weighted by molar-refractivity contribution is 9.11. The largest absolute Gasteiger partial charge is 0.277 e. The number of hydrogen-bond donors (Lipinski definition) is 1. The van der Waals surface area contributed by atoms with Crippen LogP contribution in [-0.4, -0.2) is 8.42 Å². The first-order chi connectivity index (χ1) is 9.29. The van der Waals surface area contributed by atoms with Crippen LogP contribution in [0.4, 0.5) is 14.5 Å². The lowest BCUT2D eigenvalue weighted by atomic mass is 10.3. The average molecular weight is 427 g/mol. The molecule has 2 rings (SSSR count). The van der Waals surface area contributed by atoms with Crippen LogP contribution < -0.4 is 4.72 Å². The van der Waals surface area contributed by atoms with E-state index in [0.717, 1.165) is 12.1 Å². The number of sulfonamides is 1. The first-order valence-electron chi connectivity index (χ1n) is 5.22. The summed E-state index contributed by atoms with van der Waals surface area (Å²) in [5, 5.41) is 0. The van der Waals surface area contributed by atoms with Crippen LogP contribution in [0.25, 0.3) is 0 Å². The van der Waals surface area contributed by atoms with Crippen molar-refractivity contribution in [3.8, 4) is 0 Å². The van der Waals surface area contributed by atoms with Crippen LogP contribution in [0.1, 0.15) is 0 Å². The van der Waals surface area contributed by atoms with Gasteiger partial charge in [-0.05, 0) is 46.3 Å². The molecule has 0 radical (unpaired) electrons. The molecule has 0 fully saturated rings. The van der Waals surface area contributed by atoms with Gasteiger partial charge in [-0.25, -0.2) is 17.2 Å². The number of rotatable bonds is 3. The van der Waals surface area contributed by atoms with Crippen LogP contribution in [0.2, 0.25) is 0 Å². The Labute approximate surface area is 131 Å². The summed E-state index contributed by atoms with van der Waals surface area (Å²) in [6.45, 7) is 0. The van der Waals surface area contributed by atoms with Crippen molar-refractivity contribution in [3.05, 3.63) is 57.0 Å². The number of anilines is 1. The first-order valence-corrected chi connectivity index (χ1v) is 8.29. The monoisotopic (exact) mass is 425 g/mol. The van der Waals surface area contributed by atoms with Crippen molar-refractivity contribution in [2.24, 2.45) is 0 Å². The molecule has 0 amide bonds. The molecule has 1 N–H and O–H groups in total. The molecule has 0 saturated heterocycles. The third-order valence-electron chi connectivity index (χ3n) is 2.36. The van der Waals surface area contributed by atoms with Gasteiger partial charge in [0.2, 0.25) is 0 Å². The normalized spacial score (nSPS) is 11.4. The Hall–Kier alpha value is -0.990. The standard InChI is InChI=1S/C12H7Br2F2NO2S/c13-7-1-3-9(14)12(5-7)20(18,19)17-11-4-2-8(15)6-10(11)16/h1-6,17H. The third-order valence-corrected chi connectivity index (χ3v) is 5.21. The van der Waals surface area contributed by atoms with Crippen molar-refractivity contribution in [1.29, 1.82) is 0 Å². The van der Waals surface area contributed by atoms with Crippen LogP contribution in [-0.2, 0) is 10.0 Å². The minimum atomic E-state index is -3.99. The van der Waals surface area contributed by atoms with Gasteiger partial charge in [-0.15, -0.1) is 0 Å². The predicted octanol–water partition coefficient (Wildman–Crippen LogP) is 4.29. The third kappa shape index (κ3) is 3.36. The average Bonchev–Trinajstić information content (AvgIpc) is 2.35. The lowest BCUT2D eigenvalue weighted by Crippen LogP contribution is -2.14. The van der Waals surface area contributed by atoms with E-state index in [1.54, 1.807) is 12.1 Å². The molecule has 0 heterocycles. The Morgan fingerprint density at radius 2 is 1.70 bits per heavy atom. The summed E-state index contributed by atoms with van der Waals surface area (Å²) in [5.74, 6) is -1.77. The number of hydrogen-bond acceptors (Lipinski definition) is 2. The fourth-order valence-electron chi connectivity index (χ4n) is 1.46. The lowest BCUT2D eigenvalue weighted by Gasteiger charge is -2.10. The van der Waals surface area contributed by atoms with Gasteiger partial charge in [0.15, 0.2) is 0 Å². The van der Waals surface area contributed by atoms with Crippen molar-refractivity contribution in [2.75, 3.05) is 4.72 Å². The van der Waals surface area contributed by atoms with Crippen LogP contribution in [0.15, 0.2) is 50.2 Å². The fraction of sp³-hybridized carbons (Fsp3) is 0. The van der Waals surface area contributed by atoms with Crippen molar-refractivity contribution in [1.82, 2.24) is 0 Å². The second-order valence-electron chi connectivity index (χ2n) is 3.80. The van der Waals surface area contributed by atoms with Gasteiger partial charge in [-0.3, -0.25) is 4.72 Å². The highest BCUT2D eigenvalue weighted by Crippen LogP contribution is 2.28.